The van der Waals surface area contributed by atoms with Crippen molar-refractivity contribution in [1.82, 2.24) is 0 Å². The summed E-state index contributed by atoms with van der Waals surface area (Å²) in [5, 5.41) is 10.5. The van der Waals surface area contributed by atoms with Crippen LogP contribution in [0.1, 0.15) is 24.8 Å². The van der Waals surface area contributed by atoms with E-state index in [1.807, 2.05) is 30.3 Å². The molecule has 106 valence electrons. The van der Waals surface area contributed by atoms with Crippen molar-refractivity contribution in [2.24, 2.45) is 5.73 Å². The predicted molar refractivity (Wildman–Crippen MR) is 73.8 cm³/mol. The molecule has 0 amide bonds. The van der Waals surface area contributed by atoms with Crippen LogP contribution in [0.5, 0.6) is 0 Å². The van der Waals surface area contributed by atoms with Crippen molar-refractivity contribution >= 4 is 0 Å². The third-order valence-electron chi connectivity index (χ3n) is 3.57. The number of hydrogen-bond donors (Lipinski definition) is 2. The number of aliphatic hydroxyl groups is 1. The minimum atomic E-state index is -1.12. The van der Waals surface area contributed by atoms with Crippen molar-refractivity contribution in [3.63, 3.8) is 0 Å². The first-order valence-electron chi connectivity index (χ1n) is 6.92. The first-order valence-corrected chi connectivity index (χ1v) is 6.92. The molecular weight excluding hydrogens is 242 g/mol. The lowest BCUT2D eigenvalue weighted by Crippen LogP contribution is -2.40. The summed E-state index contributed by atoms with van der Waals surface area (Å²) in [6.45, 7) is 1.68. The molecule has 2 rings (SSSR count). The van der Waals surface area contributed by atoms with Crippen LogP contribution in [0.3, 0.4) is 0 Å². The normalized spacial score (nSPS) is 22.9. The molecule has 1 aliphatic heterocycles. The average molecular weight is 265 g/mol. The lowest BCUT2D eigenvalue weighted by Gasteiger charge is -2.29. The van der Waals surface area contributed by atoms with E-state index in [0.717, 1.165) is 25.0 Å². The molecule has 1 heterocycles. The molecule has 0 spiro atoms. The summed E-state index contributed by atoms with van der Waals surface area (Å²) in [6.07, 6.45) is 3.51. The molecule has 4 nitrogen and oxygen atoms in total. The van der Waals surface area contributed by atoms with Crippen molar-refractivity contribution < 1.29 is 14.6 Å². The van der Waals surface area contributed by atoms with Crippen LogP contribution in [0.15, 0.2) is 30.3 Å². The molecule has 1 aliphatic rings. The Labute approximate surface area is 114 Å². The third kappa shape index (κ3) is 4.01. The van der Waals surface area contributed by atoms with Gasteiger partial charge < -0.3 is 20.3 Å². The monoisotopic (exact) mass is 265 g/mol. The molecular formula is C15H23NO3. The maximum absolute atomic E-state index is 10.5. The highest BCUT2D eigenvalue weighted by Crippen LogP contribution is 2.21. The van der Waals surface area contributed by atoms with Crippen LogP contribution in [0.4, 0.5) is 0 Å². The van der Waals surface area contributed by atoms with E-state index >= 15 is 0 Å². The van der Waals surface area contributed by atoms with Gasteiger partial charge in [0.05, 0.1) is 19.3 Å². The Balaban J connectivity index is 1.85. The van der Waals surface area contributed by atoms with E-state index < -0.39 is 5.60 Å². The van der Waals surface area contributed by atoms with Gasteiger partial charge in [-0.15, -0.1) is 0 Å². The molecule has 4 heteroatoms. The van der Waals surface area contributed by atoms with Gasteiger partial charge >= 0.3 is 0 Å². The highest BCUT2D eigenvalue weighted by molar-refractivity contribution is 5.22. The second-order valence-corrected chi connectivity index (χ2v) is 5.11. The van der Waals surface area contributed by atoms with Gasteiger partial charge in [-0.2, -0.15) is 0 Å². The maximum atomic E-state index is 10.5. The van der Waals surface area contributed by atoms with Gasteiger partial charge in [-0.05, 0) is 24.8 Å². The molecule has 0 bridgehead atoms. The van der Waals surface area contributed by atoms with Crippen LogP contribution in [0.2, 0.25) is 0 Å². The van der Waals surface area contributed by atoms with E-state index in [9.17, 15) is 5.11 Å². The molecule has 1 aromatic carbocycles. The Morgan fingerprint density at radius 1 is 1.32 bits per heavy atom. The molecule has 2 unspecified atom stereocenters. The van der Waals surface area contributed by atoms with Crippen LogP contribution in [0, 0.1) is 0 Å². The summed E-state index contributed by atoms with van der Waals surface area (Å²) in [5.74, 6) is 0. The van der Waals surface area contributed by atoms with Crippen molar-refractivity contribution in [2.75, 3.05) is 26.4 Å². The summed E-state index contributed by atoms with van der Waals surface area (Å²) < 4.78 is 11.2. The first kappa shape index (κ1) is 14.5. The molecule has 0 saturated carbocycles. The number of nitrogens with two attached hydrogens (primary N) is 1. The number of ether oxygens (including phenoxy) is 2. The SMILES string of the molecule is NCC(O)(COCC1CCCCO1)c1ccccc1. The van der Waals surface area contributed by atoms with Crippen LogP contribution in [-0.2, 0) is 15.1 Å². The average Bonchev–Trinajstić information content (AvgIpc) is 2.49. The van der Waals surface area contributed by atoms with Crippen LogP contribution >= 0.6 is 0 Å². The van der Waals surface area contributed by atoms with Crippen molar-refractivity contribution in [3.05, 3.63) is 35.9 Å². The predicted octanol–water partition coefficient (Wildman–Crippen LogP) is 1.42. The quantitative estimate of drug-likeness (QED) is 0.816. The topological polar surface area (TPSA) is 64.7 Å². The molecule has 0 radical (unpaired) electrons. The second kappa shape index (κ2) is 7.01. The standard InChI is InChI=1S/C15H23NO3/c16-11-15(17,13-6-2-1-3-7-13)12-18-10-14-8-4-5-9-19-14/h1-3,6-7,14,17H,4-5,8-12,16H2. The summed E-state index contributed by atoms with van der Waals surface area (Å²) in [5.41, 5.74) is 5.38. The van der Waals surface area contributed by atoms with E-state index in [2.05, 4.69) is 0 Å². The molecule has 3 N–H and O–H groups in total. The minimum Gasteiger partial charge on any atom is -0.381 e. The van der Waals surface area contributed by atoms with Gasteiger partial charge in [-0.3, -0.25) is 0 Å². The Kier molecular flexibility index (Phi) is 5.34. The summed E-state index contributed by atoms with van der Waals surface area (Å²) in [7, 11) is 0. The Morgan fingerprint density at radius 3 is 2.74 bits per heavy atom. The van der Waals surface area contributed by atoms with Crippen LogP contribution < -0.4 is 5.73 Å². The summed E-state index contributed by atoms with van der Waals surface area (Å²) in [6, 6.07) is 9.43. The van der Waals surface area contributed by atoms with Crippen LogP contribution in [0.25, 0.3) is 0 Å². The largest absolute Gasteiger partial charge is 0.381 e. The summed E-state index contributed by atoms with van der Waals surface area (Å²) in [4.78, 5) is 0. The fraction of sp³-hybridized carbons (Fsp3) is 0.600. The number of hydrogen-bond acceptors (Lipinski definition) is 4. The van der Waals surface area contributed by atoms with Gasteiger partial charge in [0.1, 0.15) is 5.60 Å². The zero-order valence-corrected chi connectivity index (χ0v) is 11.3. The van der Waals surface area contributed by atoms with E-state index in [4.69, 9.17) is 15.2 Å². The van der Waals surface area contributed by atoms with Gasteiger partial charge in [0, 0.05) is 13.2 Å². The van der Waals surface area contributed by atoms with Crippen LogP contribution in [-0.4, -0.2) is 37.6 Å². The van der Waals surface area contributed by atoms with Crippen molar-refractivity contribution in [1.29, 1.82) is 0 Å². The number of rotatable bonds is 6. The highest BCUT2D eigenvalue weighted by Gasteiger charge is 2.28. The molecule has 1 aromatic rings. The maximum Gasteiger partial charge on any atom is 0.125 e. The lowest BCUT2D eigenvalue weighted by atomic mass is 9.95. The Bertz CT molecular complexity index is 365. The van der Waals surface area contributed by atoms with Gasteiger partial charge in [0.25, 0.3) is 0 Å². The Morgan fingerprint density at radius 2 is 2.11 bits per heavy atom. The smallest absolute Gasteiger partial charge is 0.125 e. The third-order valence-corrected chi connectivity index (χ3v) is 3.57. The van der Waals surface area contributed by atoms with Gasteiger partial charge in [0.2, 0.25) is 0 Å². The molecule has 2 atom stereocenters. The molecule has 1 saturated heterocycles. The van der Waals surface area contributed by atoms with Gasteiger partial charge in [-0.25, -0.2) is 0 Å². The number of benzene rings is 1. The van der Waals surface area contributed by atoms with E-state index in [1.165, 1.54) is 6.42 Å². The summed E-state index contributed by atoms with van der Waals surface area (Å²) >= 11 is 0. The van der Waals surface area contributed by atoms with Crippen molar-refractivity contribution in [2.45, 2.75) is 31.0 Å². The minimum absolute atomic E-state index is 0.141. The molecule has 0 aromatic heterocycles. The van der Waals surface area contributed by atoms with Gasteiger partial charge in [-0.1, -0.05) is 30.3 Å². The lowest BCUT2D eigenvalue weighted by molar-refractivity contribution is -0.0874. The van der Waals surface area contributed by atoms with E-state index in [-0.39, 0.29) is 19.3 Å². The van der Waals surface area contributed by atoms with Gasteiger partial charge in [0.15, 0.2) is 0 Å². The molecule has 0 aliphatic carbocycles. The first-order chi connectivity index (χ1) is 9.24. The molecule has 1 fully saturated rings. The molecule has 19 heavy (non-hydrogen) atoms. The fourth-order valence-corrected chi connectivity index (χ4v) is 2.31. The van der Waals surface area contributed by atoms with E-state index in [1.54, 1.807) is 0 Å². The fourth-order valence-electron chi connectivity index (χ4n) is 2.31. The van der Waals surface area contributed by atoms with E-state index in [0.29, 0.717) is 6.61 Å². The second-order valence-electron chi connectivity index (χ2n) is 5.11. The zero-order valence-electron chi connectivity index (χ0n) is 11.3. The van der Waals surface area contributed by atoms with Crippen molar-refractivity contribution in [3.8, 4) is 0 Å². The highest BCUT2D eigenvalue weighted by atomic mass is 16.5. The Hall–Kier alpha value is -0.940. The zero-order chi connectivity index (χ0) is 13.6.